The van der Waals surface area contributed by atoms with Crippen LogP contribution in [0.2, 0.25) is 5.02 Å². The molecular formula is C16H22ClN3O. The van der Waals surface area contributed by atoms with Crippen LogP contribution in [0.15, 0.2) is 36.7 Å². The summed E-state index contributed by atoms with van der Waals surface area (Å²) in [5, 5.41) is 8.31. The molecule has 0 amide bonds. The second-order valence-electron chi connectivity index (χ2n) is 5.08. The molecule has 0 fully saturated rings. The Morgan fingerprint density at radius 3 is 2.86 bits per heavy atom. The molecule has 1 heterocycles. The highest BCUT2D eigenvalue weighted by molar-refractivity contribution is 6.30. The van der Waals surface area contributed by atoms with Gasteiger partial charge < -0.3 is 10.1 Å². The summed E-state index contributed by atoms with van der Waals surface area (Å²) in [6.07, 6.45) is 4.90. The first kappa shape index (κ1) is 15.9. The summed E-state index contributed by atoms with van der Waals surface area (Å²) >= 11 is 5.98. The van der Waals surface area contributed by atoms with E-state index in [1.807, 2.05) is 42.2 Å². The topological polar surface area (TPSA) is 39.1 Å². The number of hydrogen-bond donors (Lipinski definition) is 1. The molecule has 21 heavy (non-hydrogen) atoms. The molecule has 0 spiro atoms. The fraction of sp³-hybridized carbons (Fsp3) is 0.438. The minimum atomic E-state index is 0.0263. The van der Waals surface area contributed by atoms with E-state index in [1.54, 1.807) is 0 Å². The summed E-state index contributed by atoms with van der Waals surface area (Å²) in [6, 6.07) is 7.69. The summed E-state index contributed by atoms with van der Waals surface area (Å²) in [5.41, 5.74) is 1.21. The Bertz CT molecular complexity index is 570. The van der Waals surface area contributed by atoms with Crippen molar-refractivity contribution in [3.63, 3.8) is 0 Å². The van der Waals surface area contributed by atoms with Gasteiger partial charge in [0.05, 0.1) is 6.20 Å². The van der Waals surface area contributed by atoms with Crippen molar-refractivity contribution in [2.75, 3.05) is 7.05 Å². The van der Waals surface area contributed by atoms with Gasteiger partial charge in [0, 0.05) is 23.8 Å². The summed E-state index contributed by atoms with van der Waals surface area (Å²) in [7, 11) is 1.95. The van der Waals surface area contributed by atoms with Crippen molar-refractivity contribution in [1.82, 2.24) is 15.1 Å². The molecule has 2 aromatic rings. The molecule has 0 bridgehead atoms. The lowest BCUT2D eigenvalue weighted by Crippen LogP contribution is -2.41. The zero-order valence-corrected chi connectivity index (χ0v) is 13.5. The van der Waals surface area contributed by atoms with Crippen molar-refractivity contribution in [1.29, 1.82) is 0 Å². The van der Waals surface area contributed by atoms with Crippen LogP contribution in [0.5, 0.6) is 5.75 Å². The van der Waals surface area contributed by atoms with Crippen LogP contribution in [-0.4, -0.2) is 29.0 Å². The third kappa shape index (κ3) is 4.48. The Morgan fingerprint density at radius 2 is 2.24 bits per heavy atom. The van der Waals surface area contributed by atoms with Crippen molar-refractivity contribution in [2.24, 2.45) is 0 Å². The Balaban J connectivity index is 1.99. The molecule has 4 nitrogen and oxygen atoms in total. The highest BCUT2D eigenvalue weighted by Gasteiger charge is 2.18. The number of aryl methyl sites for hydroxylation is 1. The third-order valence-corrected chi connectivity index (χ3v) is 3.76. The Hall–Kier alpha value is -1.52. The number of benzene rings is 1. The quantitative estimate of drug-likeness (QED) is 0.854. The largest absolute Gasteiger partial charge is 0.489 e. The molecular weight excluding hydrogens is 286 g/mol. The number of likely N-dealkylation sites (N-methyl/N-ethyl adjacent to an activating group) is 1. The molecule has 0 aliphatic heterocycles. The molecule has 2 rings (SSSR count). The molecule has 5 heteroatoms. The van der Waals surface area contributed by atoms with Crippen molar-refractivity contribution in [2.45, 2.75) is 39.0 Å². The van der Waals surface area contributed by atoms with Crippen LogP contribution >= 0.6 is 11.6 Å². The number of rotatable bonds is 7. The molecule has 114 valence electrons. The molecule has 0 saturated heterocycles. The number of nitrogens with zero attached hydrogens (tertiary/aromatic N) is 2. The predicted octanol–water partition coefficient (Wildman–Crippen LogP) is 3.15. The Labute approximate surface area is 131 Å². The first-order chi connectivity index (χ1) is 10.1. The molecule has 0 aliphatic rings. The molecule has 0 radical (unpaired) electrons. The van der Waals surface area contributed by atoms with E-state index < -0.39 is 0 Å². The zero-order valence-electron chi connectivity index (χ0n) is 12.7. The van der Waals surface area contributed by atoms with Crippen LogP contribution in [0.1, 0.15) is 19.4 Å². The number of hydrogen-bond acceptors (Lipinski definition) is 3. The maximum atomic E-state index is 5.98. The average Bonchev–Trinajstić information content (AvgIpc) is 2.92. The van der Waals surface area contributed by atoms with E-state index in [1.165, 1.54) is 5.56 Å². The minimum absolute atomic E-state index is 0.0263. The third-order valence-electron chi connectivity index (χ3n) is 3.52. The first-order valence-corrected chi connectivity index (χ1v) is 7.61. The van der Waals surface area contributed by atoms with Crippen LogP contribution in [-0.2, 0) is 13.0 Å². The number of halogens is 1. The molecule has 1 aromatic carbocycles. The van der Waals surface area contributed by atoms with E-state index in [0.717, 1.165) is 18.7 Å². The van der Waals surface area contributed by atoms with E-state index >= 15 is 0 Å². The van der Waals surface area contributed by atoms with Crippen molar-refractivity contribution in [3.05, 3.63) is 47.2 Å². The van der Waals surface area contributed by atoms with E-state index in [4.69, 9.17) is 16.3 Å². The second-order valence-corrected chi connectivity index (χ2v) is 5.52. The van der Waals surface area contributed by atoms with Gasteiger partial charge in [-0.25, -0.2) is 0 Å². The zero-order chi connectivity index (χ0) is 15.2. The minimum Gasteiger partial charge on any atom is -0.489 e. The lowest BCUT2D eigenvalue weighted by atomic mass is 10.1. The molecule has 2 unspecified atom stereocenters. The van der Waals surface area contributed by atoms with Gasteiger partial charge in [-0.15, -0.1) is 0 Å². The molecule has 0 saturated carbocycles. The molecule has 2 atom stereocenters. The van der Waals surface area contributed by atoms with Gasteiger partial charge in [0.15, 0.2) is 0 Å². The van der Waals surface area contributed by atoms with E-state index in [-0.39, 0.29) is 12.1 Å². The lowest BCUT2D eigenvalue weighted by Gasteiger charge is -2.24. The maximum absolute atomic E-state index is 5.98. The van der Waals surface area contributed by atoms with E-state index in [2.05, 4.69) is 30.5 Å². The first-order valence-electron chi connectivity index (χ1n) is 7.23. The van der Waals surface area contributed by atoms with Crippen LogP contribution in [0, 0.1) is 0 Å². The summed E-state index contributed by atoms with van der Waals surface area (Å²) in [6.45, 7) is 5.03. The standard InChI is InChI=1S/C16H22ClN3O/c1-4-20-11-13(10-19-20)8-16(18-3)12(2)21-15-7-5-6-14(17)9-15/h5-7,9-12,16,18H,4,8H2,1-3H3. The van der Waals surface area contributed by atoms with Crippen LogP contribution in [0.3, 0.4) is 0 Å². The fourth-order valence-corrected chi connectivity index (χ4v) is 2.46. The van der Waals surface area contributed by atoms with Gasteiger partial charge in [0.1, 0.15) is 11.9 Å². The van der Waals surface area contributed by atoms with Gasteiger partial charge in [-0.1, -0.05) is 17.7 Å². The van der Waals surface area contributed by atoms with Crippen molar-refractivity contribution >= 4 is 11.6 Å². The maximum Gasteiger partial charge on any atom is 0.121 e. The fourth-order valence-electron chi connectivity index (χ4n) is 2.28. The van der Waals surface area contributed by atoms with Crippen LogP contribution in [0.4, 0.5) is 0 Å². The normalized spacial score (nSPS) is 13.9. The lowest BCUT2D eigenvalue weighted by molar-refractivity contribution is 0.174. The van der Waals surface area contributed by atoms with Gasteiger partial charge in [-0.3, -0.25) is 4.68 Å². The van der Waals surface area contributed by atoms with Gasteiger partial charge >= 0.3 is 0 Å². The SMILES string of the molecule is CCn1cc(CC(NC)C(C)Oc2cccc(Cl)c2)cn1. The van der Waals surface area contributed by atoms with Crippen LogP contribution in [0.25, 0.3) is 0 Å². The number of ether oxygens (including phenoxy) is 1. The van der Waals surface area contributed by atoms with Crippen LogP contribution < -0.4 is 10.1 Å². The van der Waals surface area contributed by atoms with Gasteiger partial charge in [-0.2, -0.15) is 5.10 Å². The van der Waals surface area contributed by atoms with Gasteiger partial charge in [-0.05, 0) is 51.1 Å². The highest BCUT2D eigenvalue weighted by atomic mass is 35.5. The molecule has 1 aromatic heterocycles. The number of nitrogens with one attached hydrogen (secondary N) is 1. The summed E-state index contributed by atoms with van der Waals surface area (Å²) < 4.78 is 7.91. The van der Waals surface area contributed by atoms with Gasteiger partial charge in [0.25, 0.3) is 0 Å². The second kappa shape index (κ2) is 7.48. The van der Waals surface area contributed by atoms with Crippen molar-refractivity contribution in [3.8, 4) is 5.75 Å². The van der Waals surface area contributed by atoms with Crippen molar-refractivity contribution < 1.29 is 4.74 Å². The Morgan fingerprint density at radius 1 is 1.43 bits per heavy atom. The molecule has 1 N–H and O–H groups in total. The average molecular weight is 308 g/mol. The predicted molar refractivity (Wildman–Crippen MR) is 86.0 cm³/mol. The summed E-state index contributed by atoms with van der Waals surface area (Å²) in [4.78, 5) is 0. The van der Waals surface area contributed by atoms with E-state index in [0.29, 0.717) is 5.02 Å². The van der Waals surface area contributed by atoms with Gasteiger partial charge in [0.2, 0.25) is 0 Å². The number of aromatic nitrogens is 2. The molecule has 0 aliphatic carbocycles. The Kier molecular flexibility index (Phi) is 5.65. The highest BCUT2D eigenvalue weighted by Crippen LogP contribution is 2.19. The monoisotopic (exact) mass is 307 g/mol. The summed E-state index contributed by atoms with van der Waals surface area (Å²) in [5.74, 6) is 0.791. The smallest absolute Gasteiger partial charge is 0.121 e. The van der Waals surface area contributed by atoms with E-state index in [9.17, 15) is 0 Å².